The maximum atomic E-state index is 11.2. The number of nitrogens with one attached hydrogen (secondary N) is 1. The van der Waals surface area contributed by atoms with E-state index in [-0.39, 0.29) is 5.69 Å². The molecule has 72 valence electrons. The Morgan fingerprint density at radius 2 is 1.86 bits per heavy atom. The summed E-state index contributed by atoms with van der Waals surface area (Å²) in [6.45, 7) is 3.76. The number of H-pyrrole nitrogens is 1. The third kappa shape index (κ3) is 0.937. The van der Waals surface area contributed by atoms with Gasteiger partial charge in [0.15, 0.2) is 0 Å². The predicted molar refractivity (Wildman–Crippen MR) is 55.0 cm³/mol. The molecule has 2 rings (SSSR count). The van der Waals surface area contributed by atoms with Crippen molar-refractivity contribution in [1.82, 2.24) is 4.98 Å². The van der Waals surface area contributed by atoms with Crippen molar-refractivity contribution >= 4 is 5.69 Å². The molecule has 14 heavy (non-hydrogen) atoms. The summed E-state index contributed by atoms with van der Waals surface area (Å²) in [6, 6.07) is 1.91. The number of aryl methyl sites for hydroxylation is 2. The summed E-state index contributed by atoms with van der Waals surface area (Å²) in [4.78, 5) is 25.2. The van der Waals surface area contributed by atoms with Gasteiger partial charge in [0, 0.05) is 5.69 Å². The number of rotatable bonds is 1. The molecule has 1 aromatic carbocycles. The zero-order valence-corrected chi connectivity index (χ0v) is 7.97. The molecular formula is C10H10N2O2. The van der Waals surface area contributed by atoms with Gasteiger partial charge in [0.05, 0.1) is 16.9 Å². The van der Waals surface area contributed by atoms with Crippen LogP contribution in [0.25, 0.3) is 11.3 Å². The molecule has 0 amide bonds. The molecule has 0 aliphatic heterocycles. The van der Waals surface area contributed by atoms with Crippen LogP contribution in [0.15, 0.2) is 15.7 Å². The van der Waals surface area contributed by atoms with Crippen LogP contribution >= 0.6 is 0 Å². The standard InChI is InChI=1S/C10H10N2O2/c1-4-3-5(2)12-8(4)6-7(11)10(14)9(6)13/h3,12H,11H2,1-2H3. The van der Waals surface area contributed by atoms with Gasteiger partial charge in [-0.05, 0) is 25.5 Å². The van der Waals surface area contributed by atoms with Crippen LogP contribution in [0.4, 0.5) is 5.69 Å². The second-order valence-electron chi connectivity index (χ2n) is 3.46. The molecule has 1 aromatic heterocycles. The van der Waals surface area contributed by atoms with E-state index in [1.807, 2.05) is 19.9 Å². The molecule has 2 aromatic rings. The molecule has 0 fully saturated rings. The van der Waals surface area contributed by atoms with Crippen molar-refractivity contribution in [3.05, 3.63) is 37.8 Å². The fraction of sp³-hybridized carbons (Fsp3) is 0.200. The van der Waals surface area contributed by atoms with Crippen LogP contribution in [0.3, 0.4) is 0 Å². The first-order valence-corrected chi connectivity index (χ1v) is 4.27. The largest absolute Gasteiger partial charge is 0.395 e. The van der Waals surface area contributed by atoms with E-state index >= 15 is 0 Å². The second kappa shape index (κ2) is 2.57. The fourth-order valence-corrected chi connectivity index (χ4v) is 1.65. The van der Waals surface area contributed by atoms with Crippen LogP contribution in [-0.2, 0) is 0 Å². The summed E-state index contributed by atoms with van der Waals surface area (Å²) in [5.41, 5.74) is 7.34. The van der Waals surface area contributed by atoms with Gasteiger partial charge in [-0.25, -0.2) is 0 Å². The lowest BCUT2D eigenvalue weighted by atomic mass is 10.0. The van der Waals surface area contributed by atoms with Crippen molar-refractivity contribution in [3.63, 3.8) is 0 Å². The quantitative estimate of drug-likeness (QED) is 0.642. The van der Waals surface area contributed by atoms with Gasteiger partial charge in [0.25, 0.3) is 0 Å². The molecule has 4 heteroatoms. The predicted octanol–water partition coefficient (Wildman–Crippen LogP) is 0.477. The normalized spacial score (nSPS) is 11.0. The number of aromatic nitrogens is 1. The molecule has 0 aliphatic carbocycles. The highest BCUT2D eigenvalue weighted by Crippen LogP contribution is 2.24. The molecule has 0 unspecified atom stereocenters. The van der Waals surface area contributed by atoms with Crippen LogP contribution in [0.2, 0.25) is 0 Å². The van der Waals surface area contributed by atoms with E-state index in [0.717, 1.165) is 11.3 Å². The van der Waals surface area contributed by atoms with E-state index in [4.69, 9.17) is 5.73 Å². The SMILES string of the molecule is Cc1cc(C)c(-c2c(N)c(=O)c2=O)[nH]1. The molecule has 0 bridgehead atoms. The number of aromatic amines is 1. The molecule has 0 saturated heterocycles. The Kier molecular flexibility index (Phi) is 1.61. The van der Waals surface area contributed by atoms with Gasteiger partial charge in [0.2, 0.25) is 10.9 Å². The van der Waals surface area contributed by atoms with Crippen molar-refractivity contribution in [2.45, 2.75) is 13.8 Å². The number of nitrogens with two attached hydrogens (primary N) is 1. The van der Waals surface area contributed by atoms with Gasteiger partial charge in [-0.15, -0.1) is 0 Å². The zero-order chi connectivity index (χ0) is 10.5. The minimum absolute atomic E-state index is 0.0694. The Balaban J connectivity index is 2.68. The van der Waals surface area contributed by atoms with Crippen molar-refractivity contribution < 1.29 is 0 Å². The van der Waals surface area contributed by atoms with Crippen molar-refractivity contribution in [2.75, 3.05) is 5.73 Å². The van der Waals surface area contributed by atoms with Gasteiger partial charge < -0.3 is 10.7 Å². The highest BCUT2D eigenvalue weighted by atomic mass is 16.2. The number of hydrogen-bond acceptors (Lipinski definition) is 3. The van der Waals surface area contributed by atoms with Crippen LogP contribution in [0.5, 0.6) is 0 Å². The Bertz CT molecular complexity index is 571. The van der Waals surface area contributed by atoms with E-state index in [2.05, 4.69) is 4.98 Å². The molecule has 0 aliphatic rings. The van der Waals surface area contributed by atoms with Crippen molar-refractivity contribution in [2.24, 2.45) is 0 Å². The van der Waals surface area contributed by atoms with Gasteiger partial charge >= 0.3 is 0 Å². The first-order chi connectivity index (χ1) is 6.52. The number of nitrogen functional groups attached to an aromatic ring is 1. The Morgan fingerprint density at radius 1 is 1.21 bits per heavy atom. The average molecular weight is 190 g/mol. The molecule has 0 atom stereocenters. The minimum atomic E-state index is -0.577. The lowest BCUT2D eigenvalue weighted by molar-refractivity contribution is 1.25. The number of anilines is 1. The molecule has 0 radical (unpaired) electrons. The maximum absolute atomic E-state index is 11.2. The Morgan fingerprint density at radius 3 is 2.29 bits per heavy atom. The maximum Gasteiger partial charge on any atom is 0.250 e. The molecule has 3 N–H and O–H groups in total. The number of hydrogen-bond donors (Lipinski definition) is 2. The van der Waals surface area contributed by atoms with Gasteiger partial charge in [-0.1, -0.05) is 0 Å². The van der Waals surface area contributed by atoms with E-state index < -0.39 is 10.9 Å². The van der Waals surface area contributed by atoms with Crippen LogP contribution < -0.4 is 16.6 Å². The highest BCUT2D eigenvalue weighted by Gasteiger charge is 2.21. The lowest BCUT2D eigenvalue weighted by Crippen LogP contribution is -2.36. The van der Waals surface area contributed by atoms with Crippen LogP contribution in [0.1, 0.15) is 11.3 Å². The third-order valence-corrected chi connectivity index (χ3v) is 2.35. The smallest absolute Gasteiger partial charge is 0.250 e. The fourth-order valence-electron chi connectivity index (χ4n) is 1.65. The van der Waals surface area contributed by atoms with Crippen molar-refractivity contribution in [1.29, 1.82) is 0 Å². The summed E-state index contributed by atoms with van der Waals surface area (Å²) < 4.78 is 0. The van der Waals surface area contributed by atoms with E-state index in [0.29, 0.717) is 11.3 Å². The van der Waals surface area contributed by atoms with E-state index in [1.165, 1.54) is 0 Å². The third-order valence-electron chi connectivity index (χ3n) is 2.35. The van der Waals surface area contributed by atoms with E-state index in [9.17, 15) is 9.59 Å². The molecule has 0 spiro atoms. The summed E-state index contributed by atoms with van der Waals surface area (Å²) >= 11 is 0. The van der Waals surface area contributed by atoms with Crippen molar-refractivity contribution in [3.8, 4) is 11.3 Å². The lowest BCUT2D eigenvalue weighted by Gasteiger charge is -2.05. The monoisotopic (exact) mass is 190 g/mol. The minimum Gasteiger partial charge on any atom is -0.395 e. The van der Waals surface area contributed by atoms with E-state index in [1.54, 1.807) is 0 Å². The summed E-state index contributed by atoms with van der Waals surface area (Å²) in [7, 11) is 0. The first-order valence-electron chi connectivity index (χ1n) is 4.27. The Hall–Kier alpha value is -1.84. The van der Waals surface area contributed by atoms with Gasteiger partial charge in [-0.3, -0.25) is 9.59 Å². The summed E-state index contributed by atoms with van der Waals surface area (Å²) in [5, 5.41) is 0. The molecular weight excluding hydrogens is 180 g/mol. The average Bonchev–Trinajstić information content (AvgIpc) is 2.45. The topological polar surface area (TPSA) is 76.0 Å². The molecule has 0 saturated carbocycles. The Labute approximate surface area is 80.1 Å². The first kappa shape index (κ1) is 8.74. The highest BCUT2D eigenvalue weighted by molar-refractivity contribution is 5.80. The molecule has 4 nitrogen and oxygen atoms in total. The van der Waals surface area contributed by atoms with Crippen LogP contribution in [0, 0.1) is 13.8 Å². The second-order valence-corrected chi connectivity index (χ2v) is 3.46. The zero-order valence-electron chi connectivity index (χ0n) is 7.97. The van der Waals surface area contributed by atoms with Gasteiger partial charge in [0.1, 0.15) is 0 Å². The molecule has 1 heterocycles. The van der Waals surface area contributed by atoms with Crippen LogP contribution in [-0.4, -0.2) is 4.98 Å². The van der Waals surface area contributed by atoms with Gasteiger partial charge in [-0.2, -0.15) is 0 Å². The summed E-state index contributed by atoms with van der Waals surface area (Å²) in [6.07, 6.45) is 0. The summed E-state index contributed by atoms with van der Waals surface area (Å²) in [5.74, 6) is 0.